The lowest BCUT2D eigenvalue weighted by Crippen LogP contribution is -2.40. The van der Waals surface area contributed by atoms with Gasteiger partial charge in [-0.05, 0) is 30.4 Å². The first-order valence-corrected chi connectivity index (χ1v) is 6.08. The molecule has 1 aliphatic rings. The minimum Gasteiger partial charge on any atom is -0.369 e. The number of halogens is 2. The molecule has 2 rings (SSSR count). The largest absolute Gasteiger partial charge is 0.369 e. The minimum atomic E-state index is -1.04. The summed E-state index contributed by atoms with van der Waals surface area (Å²) in [4.78, 5) is 1.86. The van der Waals surface area contributed by atoms with Crippen molar-refractivity contribution in [3.05, 3.63) is 29.3 Å². The Balaban J connectivity index is 2.35. The summed E-state index contributed by atoms with van der Waals surface area (Å²) in [5, 5.41) is 8.66. The van der Waals surface area contributed by atoms with Gasteiger partial charge in [0.2, 0.25) is 0 Å². The fourth-order valence-corrected chi connectivity index (χ4v) is 2.50. The number of benzene rings is 1. The van der Waals surface area contributed by atoms with Crippen molar-refractivity contribution in [3.8, 4) is 6.07 Å². The Bertz CT molecular complexity index is 503. The molecule has 0 saturated carbocycles. The predicted octanol–water partition coefficient (Wildman–Crippen LogP) is 3.46. The summed E-state index contributed by atoms with van der Waals surface area (Å²) in [5.41, 5.74) is 0.126. The maximum Gasteiger partial charge on any atom is 0.183 e. The Morgan fingerprint density at radius 3 is 2.61 bits per heavy atom. The number of piperidine rings is 1. The highest BCUT2D eigenvalue weighted by Gasteiger charge is 2.28. The van der Waals surface area contributed by atoms with Crippen LogP contribution in [0.5, 0.6) is 0 Å². The fourth-order valence-electron chi connectivity index (χ4n) is 2.50. The van der Waals surface area contributed by atoms with E-state index in [1.165, 1.54) is 12.1 Å². The van der Waals surface area contributed by atoms with Gasteiger partial charge in [0.05, 0.1) is 11.3 Å². The molecule has 0 aromatic heterocycles. The average molecular weight is 250 g/mol. The number of hydrogen-bond donors (Lipinski definition) is 0. The SMILES string of the molecule is CC1(C)CCCN(c2ccc(C#N)c(F)c2F)C1. The number of rotatable bonds is 1. The molecule has 1 aromatic carbocycles. The second kappa shape index (κ2) is 4.56. The predicted molar refractivity (Wildman–Crippen MR) is 66.3 cm³/mol. The molecule has 0 unspecified atom stereocenters. The van der Waals surface area contributed by atoms with Gasteiger partial charge in [-0.3, -0.25) is 0 Å². The summed E-state index contributed by atoms with van der Waals surface area (Å²) < 4.78 is 27.5. The van der Waals surface area contributed by atoms with Crippen molar-refractivity contribution in [1.82, 2.24) is 0 Å². The highest BCUT2D eigenvalue weighted by molar-refractivity contribution is 5.52. The van der Waals surface area contributed by atoms with Crippen LogP contribution in [-0.4, -0.2) is 13.1 Å². The number of hydrogen-bond acceptors (Lipinski definition) is 2. The van der Waals surface area contributed by atoms with Crippen LogP contribution in [0.25, 0.3) is 0 Å². The van der Waals surface area contributed by atoms with Crippen molar-refractivity contribution < 1.29 is 8.78 Å². The van der Waals surface area contributed by atoms with E-state index in [4.69, 9.17) is 5.26 Å². The maximum atomic E-state index is 13.9. The van der Waals surface area contributed by atoms with Crippen LogP contribution < -0.4 is 4.90 Å². The maximum absolute atomic E-state index is 13.9. The molecular formula is C14H16F2N2. The lowest BCUT2D eigenvalue weighted by Gasteiger charge is -2.39. The first kappa shape index (κ1) is 12.8. The molecule has 0 bridgehead atoms. The monoisotopic (exact) mass is 250 g/mol. The molecule has 0 aliphatic carbocycles. The van der Waals surface area contributed by atoms with Gasteiger partial charge in [0.25, 0.3) is 0 Å². The summed E-state index contributed by atoms with van der Waals surface area (Å²) in [6, 6.07) is 4.49. The van der Waals surface area contributed by atoms with Gasteiger partial charge < -0.3 is 4.90 Å². The van der Waals surface area contributed by atoms with E-state index in [0.29, 0.717) is 6.54 Å². The van der Waals surface area contributed by atoms with Gasteiger partial charge in [0, 0.05) is 13.1 Å². The van der Waals surface area contributed by atoms with Crippen LogP contribution in [0, 0.1) is 28.4 Å². The Morgan fingerprint density at radius 1 is 1.28 bits per heavy atom. The highest BCUT2D eigenvalue weighted by Crippen LogP contribution is 2.33. The number of nitrogens with zero attached hydrogens (tertiary/aromatic N) is 2. The summed E-state index contributed by atoms with van der Waals surface area (Å²) >= 11 is 0. The standard InChI is InChI=1S/C14H16F2N2/c1-14(2)6-3-7-18(9-14)11-5-4-10(8-17)12(15)13(11)16/h4-5H,3,6-7,9H2,1-2H3. The molecule has 1 aliphatic heterocycles. The van der Waals surface area contributed by atoms with Crippen LogP contribution in [0.3, 0.4) is 0 Å². The van der Waals surface area contributed by atoms with Gasteiger partial charge in [-0.1, -0.05) is 13.8 Å². The van der Waals surface area contributed by atoms with Crippen molar-refractivity contribution in [3.63, 3.8) is 0 Å². The fraction of sp³-hybridized carbons (Fsp3) is 0.500. The van der Waals surface area contributed by atoms with Crippen molar-refractivity contribution in [1.29, 1.82) is 5.26 Å². The van der Waals surface area contributed by atoms with Crippen LogP contribution in [0.15, 0.2) is 12.1 Å². The van der Waals surface area contributed by atoms with Crippen LogP contribution in [-0.2, 0) is 0 Å². The van der Waals surface area contributed by atoms with Gasteiger partial charge in [-0.25, -0.2) is 8.78 Å². The van der Waals surface area contributed by atoms with Crippen LogP contribution in [0.2, 0.25) is 0 Å². The Labute approximate surface area is 106 Å². The Hall–Kier alpha value is -1.63. The zero-order valence-corrected chi connectivity index (χ0v) is 10.6. The molecule has 1 fully saturated rings. The molecule has 1 aromatic rings. The quantitative estimate of drug-likeness (QED) is 0.763. The van der Waals surface area contributed by atoms with E-state index in [1.807, 2.05) is 4.90 Å². The first-order valence-electron chi connectivity index (χ1n) is 6.08. The number of anilines is 1. The molecule has 96 valence electrons. The second-order valence-electron chi connectivity index (χ2n) is 5.56. The zero-order valence-electron chi connectivity index (χ0n) is 10.6. The lowest BCUT2D eigenvalue weighted by atomic mass is 9.84. The topological polar surface area (TPSA) is 27.0 Å². The van der Waals surface area contributed by atoms with E-state index >= 15 is 0 Å². The Morgan fingerprint density at radius 2 is 2.00 bits per heavy atom. The van der Waals surface area contributed by atoms with Crippen molar-refractivity contribution in [2.75, 3.05) is 18.0 Å². The highest BCUT2D eigenvalue weighted by atomic mass is 19.2. The third-order valence-electron chi connectivity index (χ3n) is 3.42. The van der Waals surface area contributed by atoms with Gasteiger partial charge in [0.1, 0.15) is 6.07 Å². The zero-order chi connectivity index (χ0) is 13.3. The van der Waals surface area contributed by atoms with E-state index in [-0.39, 0.29) is 16.7 Å². The smallest absolute Gasteiger partial charge is 0.183 e. The molecule has 1 heterocycles. The van der Waals surface area contributed by atoms with E-state index < -0.39 is 11.6 Å². The van der Waals surface area contributed by atoms with Gasteiger partial charge >= 0.3 is 0 Å². The number of nitriles is 1. The average Bonchev–Trinajstić information content (AvgIpc) is 2.31. The van der Waals surface area contributed by atoms with E-state index in [1.54, 1.807) is 6.07 Å². The summed E-state index contributed by atoms with van der Waals surface area (Å²) in [6.07, 6.45) is 2.05. The van der Waals surface area contributed by atoms with Crippen molar-refractivity contribution in [2.24, 2.45) is 5.41 Å². The van der Waals surface area contributed by atoms with Crippen molar-refractivity contribution >= 4 is 5.69 Å². The van der Waals surface area contributed by atoms with Crippen molar-refractivity contribution in [2.45, 2.75) is 26.7 Å². The molecule has 2 nitrogen and oxygen atoms in total. The minimum absolute atomic E-state index is 0.106. The molecule has 4 heteroatoms. The lowest BCUT2D eigenvalue weighted by molar-refractivity contribution is 0.291. The van der Waals surface area contributed by atoms with Gasteiger partial charge in [0.15, 0.2) is 11.6 Å². The molecular weight excluding hydrogens is 234 g/mol. The molecule has 0 radical (unpaired) electrons. The van der Waals surface area contributed by atoms with Crippen LogP contribution in [0.1, 0.15) is 32.3 Å². The second-order valence-corrected chi connectivity index (χ2v) is 5.56. The van der Waals surface area contributed by atoms with E-state index in [0.717, 1.165) is 19.4 Å². The van der Waals surface area contributed by atoms with Gasteiger partial charge in [-0.15, -0.1) is 0 Å². The normalized spacial score (nSPS) is 18.5. The first-order chi connectivity index (χ1) is 8.44. The molecule has 0 amide bonds. The summed E-state index contributed by atoms with van der Waals surface area (Å²) in [5.74, 6) is -1.95. The van der Waals surface area contributed by atoms with Crippen LogP contribution >= 0.6 is 0 Å². The third kappa shape index (κ3) is 2.31. The molecule has 18 heavy (non-hydrogen) atoms. The van der Waals surface area contributed by atoms with E-state index in [2.05, 4.69) is 13.8 Å². The van der Waals surface area contributed by atoms with Crippen LogP contribution in [0.4, 0.5) is 14.5 Å². The molecule has 0 N–H and O–H groups in total. The van der Waals surface area contributed by atoms with Gasteiger partial charge in [-0.2, -0.15) is 5.26 Å². The van der Waals surface area contributed by atoms with E-state index in [9.17, 15) is 8.78 Å². The molecule has 0 spiro atoms. The molecule has 1 saturated heterocycles. The molecule has 0 atom stereocenters. The summed E-state index contributed by atoms with van der Waals surface area (Å²) in [6.45, 7) is 5.68. The summed E-state index contributed by atoms with van der Waals surface area (Å²) in [7, 11) is 0. The third-order valence-corrected chi connectivity index (χ3v) is 3.42. The Kier molecular flexibility index (Phi) is 3.25.